The van der Waals surface area contributed by atoms with Crippen LogP contribution in [0.3, 0.4) is 0 Å². The van der Waals surface area contributed by atoms with Gasteiger partial charge in [-0.25, -0.2) is 8.42 Å². The lowest BCUT2D eigenvalue weighted by atomic mass is 10.1. The van der Waals surface area contributed by atoms with Gasteiger partial charge in [-0.2, -0.15) is 4.31 Å². The van der Waals surface area contributed by atoms with Gasteiger partial charge in [0, 0.05) is 26.2 Å². The molecule has 1 aliphatic heterocycles. The first-order valence-electron chi connectivity index (χ1n) is 12.0. The lowest BCUT2D eigenvalue weighted by molar-refractivity contribution is -0.141. The molecule has 0 saturated carbocycles. The van der Waals surface area contributed by atoms with Gasteiger partial charge in [-0.1, -0.05) is 42.5 Å². The fraction of sp³-hybridized carbons (Fsp3) is 0.462. The molecule has 0 aromatic heterocycles. The van der Waals surface area contributed by atoms with Crippen LogP contribution < -0.4 is 10.1 Å². The minimum Gasteiger partial charge on any atom is -0.497 e. The third-order valence-electron chi connectivity index (χ3n) is 6.19. The zero-order valence-electron chi connectivity index (χ0n) is 21.1. The summed E-state index contributed by atoms with van der Waals surface area (Å²) in [6.45, 7) is 2.52. The number of methoxy groups -OCH3 is 1. The molecule has 0 radical (unpaired) electrons. The molecule has 9 nitrogen and oxygen atoms in total. The number of hydrogen-bond acceptors (Lipinski definition) is 6. The standard InChI is InChI=1S/C26H35N3O6S/c1-20(26(31)27-16-24-10-7-15-35-24)29(18-22-11-13-23(34-2)14-12-22)25(30)19-28(36(3,32)33)17-21-8-5-4-6-9-21/h4-6,8-9,11-14,20,24H,7,10,15-19H2,1-3H3,(H,27,31)/t20-,24+/m0/s1. The van der Waals surface area contributed by atoms with Crippen LogP contribution in [0.25, 0.3) is 0 Å². The van der Waals surface area contributed by atoms with Gasteiger partial charge in [-0.3, -0.25) is 9.59 Å². The average Bonchev–Trinajstić information content (AvgIpc) is 3.39. The van der Waals surface area contributed by atoms with Crippen LogP contribution in [0.4, 0.5) is 0 Å². The van der Waals surface area contributed by atoms with Gasteiger partial charge in [0.05, 0.1) is 26.0 Å². The molecule has 10 heteroatoms. The summed E-state index contributed by atoms with van der Waals surface area (Å²) >= 11 is 0. The molecule has 3 rings (SSSR count). The zero-order valence-corrected chi connectivity index (χ0v) is 21.9. The van der Waals surface area contributed by atoms with Gasteiger partial charge in [0.2, 0.25) is 21.8 Å². The number of nitrogens with one attached hydrogen (secondary N) is 1. The summed E-state index contributed by atoms with van der Waals surface area (Å²) in [6.07, 6.45) is 2.89. The Morgan fingerprint density at radius 3 is 2.33 bits per heavy atom. The van der Waals surface area contributed by atoms with E-state index in [0.717, 1.165) is 34.5 Å². The Bertz CT molecular complexity index is 1100. The predicted molar refractivity (Wildman–Crippen MR) is 137 cm³/mol. The smallest absolute Gasteiger partial charge is 0.242 e. The second-order valence-corrected chi connectivity index (χ2v) is 10.9. The summed E-state index contributed by atoms with van der Waals surface area (Å²) in [6, 6.07) is 15.4. The summed E-state index contributed by atoms with van der Waals surface area (Å²) in [5, 5.41) is 2.88. The lowest BCUT2D eigenvalue weighted by Crippen LogP contribution is -2.51. The zero-order chi connectivity index (χ0) is 26.1. The molecule has 0 bridgehead atoms. The first kappa shape index (κ1) is 27.6. The number of carbonyl (C=O) groups is 2. The molecule has 2 amide bonds. The molecular weight excluding hydrogens is 482 g/mol. The minimum absolute atomic E-state index is 0.0292. The first-order valence-corrected chi connectivity index (χ1v) is 13.8. The van der Waals surface area contributed by atoms with E-state index in [4.69, 9.17) is 9.47 Å². The van der Waals surface area contributed by atoms with Gasteiger partial charge in [-0.15, -0.1) is 0 Å². The van der Waals surface area contributed by atoms with Crippen LogP contribution in [0.5, 0.6) is 5.75 Å². The molecule has 0 aliphatic carbocycles. The Hall–Kier alpha value is -2.95. The summed E-state index contributed by atoms with van der Waals surface area (Å²) < 4.78 is 37.0. The lowest BCUT2D eigenvalue weighted by Gasteiger charge is -2.31. The number of rotatable bonds is 12. The molecule has 1 N–H and O–H groups in total. The Morgan fingerprint density at radius 2 is 1.75 bits per heavy atom. The first-order chi connectivity index (χ1) is 17.2. The number of amides is 2. The summed E-state index contributed by atoms with van der Waals surface area (Å²) in [7, 11) is -2.12. The van der Waals surface area contributed by atoms with Crippen molar-refractivity contribution in [3.8, 4) is 5.75 Å². The molecule has 1 heterocycles. The van der Waals surface area contributed by atoms with Crippen LogP contribution in [0.15, 0.2) is 54.6 Å². The van der Waals surface area contributed by atoms with Gasteiger partial charge in [-0.05, 0) is 43.0 Å². The van der Waals surface area contributed by atoms with Gasteiger partial charge < -0.3 is 19.7 Å². The third-order valence-corrected chi connectivity index (χ3v) is 7.39. The highest BCUT2D eigenvalue weighted by atomic mass is 32.2. The highest BCUT2D eigenvalue weighted by molar-refractivity contribution is 7.88. The summed E-state index contributed by atoms with van der Waals surface area (Å²) in [5.74, 6) is -0.113. The Balaban J connectivity index is 1.78. The van der Waals surface area contributed by atoms with E-state index in [1.165, 1.54) is 4.90 Å². The monoisotopic (exact) mass is 517 g/mol. The minimum atomic E-state index is -3.69. The van der Waals surface area contributed by atoms with Crippen molar-refractivity contribution in [1.82, 2.24) is 14.5 Å². The second-order valence-electron chi connectivity index (χ2n) is 8.94. The molecule has 2 aromatic rings. The molecule has 0 unspecified atom stereocenters. The van der Waals surface area contributed by atoms with Crippen molar-refractivity contribution in [3.05, 3.63) is 65.7 Å². The topological polar surface area (TPSA) is 105 Å². The van der Waals surface area contributed by atoms with Gasteiger partial charge in [0.25, 0.3) is 0 Å². The number of benzene rings is 2. The Labute approximate surface area is 213 Å². The van der Waals surface area contributed by atoms with E-state index in [1.807, 2.05) is 30.3 Å². The summed E-state index contributed by atoms with van der Waals surface area (Å²) in [4.78, 5) is 27.9. The van der Waals surface area contributed by atoms with Crippen molar-refractivity contribution in [2.45, 2.75) is 45.0 Å². The third kappa shape index (κ3) is 8.04. The number of hydrogen-bond donors (Lipinski definition) is 1. The molecular formula is C26H35N3O6S. The van der Waals surface area contributed by atoms with E-state index in [1.54, 1.807) is 38.3 Å². The molecule has 0 spiro atoms. The van der Waals surface area contributed by atoms with Crippen LogP contribution in [-0.4, -0.2) is 74.6 Å². The maximum absolute atomic E-state index is 13.5. The van der Waals surface area contributed by atoms with Crippen molar-refractivity contribution in [3.63, 3.8) is 0 Å². The van der Waals surface area contributed by atoms with Crippen LogP contribution in [0, 0.1) is 0 Å². The molecule has 2 atom stereocenters. The van der Waals surface area contributed by atoms with E-state index in [9.17, 15) is 18.0 Å². The number of carbonyl (C=O) groups excluding carboxylic acids is 2. The van der Waals surface area contributed by atoms with Gasteiger partial charge in [0.1, 0.15) is 11.8 Å². The van der Waals surface area contributed by atoms with E-state index in [0.29, 0.717) is 18.9 Å². The van der Waals surface area contributed by atoms with Crippen LogP contribution in [0.2, 0.25) is 0 Å². The van der Waals surface area contributed by atoms with Crippen LogP contribution >= 0.6 is 0 Å². The van der Waals surface area contributed by atoms with Crippen molar-refractivity contribution < 1.29 is 27.5 Å². The van der Waals surface area contributed by atoms with E-state index in [2.05, 4.69) is 5.32 Å². The van der Waals surface area contributed by atoms with Crippen molar-refractivity contribution >= 4 is 21.8 Å². The fourth-order valence-electron chi connectivity index (χ4n) is 4.00. The Kier molecular flexibility index (Phi) is 9.86. The van der Waals surface area contributed by atoms with Crippen molar-refractivity contribution in [2.75, 3.05) is 33.1 Å². The number of sulfonamides is 1. The molecule has 2 aromatic carbocycles. The molecule has 36 heavy (non-hydrogen) atoms. The van der Waals surface area contributed by atoms with Crippen molar-refractivity contribution in [2.24, 2.45) is 0 Å². The van der Waals surface area contributed by atoms with E-state index >= 15 is 0 Å². The van der Waals surface area contributed by atoms with E-state index in [-0.39, 0.29) is 31.6 Å². The highest BCUT2D eigenvalue weighted by Gasteiger charge is 2.30. The molecule has 1 aliphatic rings. The van der Waals surface area contributed by atoms with Crippen LogP contribution in [-0.2, 0) is 37.4 Å². The van der Waals surface area contributed by atoms with Crippen LogP contribution in [0.1, 0.15) is 30.9 Å². The maximum Gasteiger partial charge on any atom is 0.242 e. The SMILES string of the molecule is COc1ccc(CN(C(=O)CN(Cc2ccccc2)S(C)(=O)=O)[C@@H](C)C(=O)NC[C@H]2CCCO2)cc1. The molecule has 196 valence electrons. The second kappa shape index (κ2) is 12.8. The Morgan fingerprint density at radius 1 is 1.08 bits per heavy atom. The van der Waals surface area contributed by atoms with Gasteiger partial charge >= 0.3 is 0 Å². The van der Waals surface area contributed by atoms with Gasteiger partial charge in [0.15, 0.2) is 0 Å². The fourth-order valence-corrected chi connectivity index (χ4v) is 4.73. The average molecular weight is 518 g/mol. The number of ether oxygens (including phenoxy) is 2. The number of nitrogens with zero attached hydrogens (tertiary/aromatic N) is 2. The largest absolute Gasteiger partial charge is 0.497 e. The maximum atomic E-state index is 13.5. The molecule has 1 fully saturated rings. The normalized spacial score (nSPS) is 16.5. The summed E-state index contributed by atoms with van der Waals surface area (Å²) in [5.41, 5.74) is 1.55. The molecule has 1 saturated heterocycles. The van der Waals surface area contributed by atoms with Crippen molar-refractivity contribution in [1.29, 1.82) is 0 Å². The predicted octanol–water partition coefficient (Wildman–Crippen LogP) is 2.17. The van der Waals surface area contributed by atoms with E-state index < -0.39 is 22.0 Å². The highest BCUT2D eigenvalue weighted by Crippen LogP contribution is 2.17. The quantitative estimate of drug-likeness (QED) is 0.463.